The van der Waals surface area contributed by atoms with Crippen molar-refractivity contribution in [2.45, 2.75) is 13.0 Å². The van der Waals surface area contributed by atoms with Crippen molar-refractivity contribution in [3.05, 3.63) is 29.8 Å². The van der Waals surface area contributed by atoms with E-state index in [1.807, 2.05) is 21.0 Å². The SMILES string of the molecule is CC(NCCOCCN(C)C)c1cncc(F)c1. The highest BCUT2D eigenvalue weighted by Crippen LogP contribution is 2.11. The summed E-state index contributed by atoms with van der Waals surface area (Å²) in [5.41, 5.74) is 0.850. The number of pyridine rings is 1. The molecule has 0 fully saturated rings. The molecule has 1 aromatic rings. The van der Waals surface area contributed by atoms with Crippen LogP contribution in [0.25, 0.3) is 0 Å². The predicted octanol–water partition coefficient (Wildman–Crippen LogP) is 1.45. The van der Waals surface area contributed by atoms with Crippen LogP contribution in [0.5, 0.6) is 0 Å². The van der Waals surface area contributed by atoms with Crippen LogP contribution in [0.2, 0.25) is 0 Å². The molecule has 1 N–H and O–H groups in total. The summed E-state index contributed by atoms with van der Waals surface area (Å²) < 4.78 is 18.4. The number of halogens is 1. The van der Waals surface area contributed by atoms with Gasteiger partial charge in [-0.05, 0) is 32.6 Å². The van der Waals surface area contributed by atoms with Gasteiger partial charge in [0.1, 0.15) is 5.82 Å². The molecule has 0 amide bonds. The van der Waals surface area contributed by atoms with Gasteiger partial charge < -0.3 is 15.0 Å². The van der Waals surface area contributed by atoms with E-state index in [-0.39, 0.29) is 11.9 Å². The molecule has 5 heteroatoms. The van der Waals surface area contributed by atoms with Crippen LogP contribution >= 0.6 is 0 Å². The minimum Gasteiger partial charge on any atom is -0.379 e. The van der Waals surface area contributed by atoms with Crippen LogP contribution in [0.3, 0.4) is 0 Å². The Morgan fingerprint density at radius 2 is 2.17 bits per heavy atom. The summed E-state index contributed by atoms with van der Waals surface area (Å²) in [6.45, 7) is 5.02. The van der Waals surface area contributed by atoms with Gasteiger partial charge >= 0.3 is 0 Å². The summed E-state index contributed by atoms with van der Waals surface area (Å²) in [6, 6.07) is 1.57. The lowest BCUT2D eigenvalue weighted by atomic mass is 10.1. The van der Waals surface area contributed by atoms with E-state index < -0.39 is 0 Å². The van der Waals surface area contributed by atoms with Crippen molar-refractivity contribution >= 4 is 0 Å². The second-order valence-corrected chi connectivity index (χ2v) is 4.53. The van der Waals surface area contributed by atoms with Crippen molar-refractivity contribution < 1.29 is 9.13 Å². The van der Waals surface area contributed by atoms with Crippen LogP contribution in [0, 0.1) is 5.82 Å². The minimum atomic E-state index is -0.302. The molecule has 1 aromatic heterocycles. The van der Waals surface area contributed by atoms with Gasteiger partial charge in [-0.25, -0.2) is 4.39 Å². The molecule has 102 valence electrons. The Morgan fingerprint density at radius 1 is 1.39 bits per heavy atom. The Balaban J connectivity index is 2.15. The summed E-state index contributed by atoms with van der Waals surface area (Å²) in [5.74, 6) is -0.302. The van der Waals surface area contributed by atoms with Crippen LogP contribution in [-0.2, 0) is 4.74 Å². The first-order valence-corrected chi connectivity index (χ1v) is 6.16. The zero-order chi connectivity index (χ0) is 13.4. The number of aromatic nitrogens is 1. The summed E-state index contributed by atoms with van der Waals surface area (Å²) >= 11 is 0. The molecule has 0 spiro atoms. The summed E-state index contributed by atoms with van der Waals surface area (Å²) in [5, 5.41) is 3.27. The first-order valence-electron chi connectivity index (χ1n) is 6.16. The zero-order valence-electron chi connectivity index (χ0n) is 11.3. The minimum absolute atomic E-state index is 0.0747. The average molecular weight is 255 g/mol. The van der Waals surface area contributed by atoms with Gasteiger partial charge in [-0.15, -0.1) is 0 Å². The van der Waals surface area contributed by atoms with Gasteiger partial charge in [0.25, 0.3) is 0 Å². The second kappa shape index (κ2) is 8.13. The molecule has 18 heavy (non-hydrogen) atoms. The molecule has 0 aliphatic carbocycles. The van der Waals surface area contributed by atoms with Crippen LogP contribution in [0.15, 0.2) is 18.5 Å². The smallest absolute Gasteiger partial charge is 0.141 e. The number of likely N-dealkylation sites (N-methyl/N-ethyl adjacent to an activating group) is 1. The van der Waals surface area contributed by atoms with Crippen molar-refractivity contribution in [2.24, 2.45) is 0 Å². The van der Waals surface area contributed by atoms with Gasteiger partial charge in [-0.3, -0.25) is 4.98 Å². The van der Waals surface area contributed by atoms with E-state index in [0.29, 0.717) is 6.61 Å². The van der Waals surface area contributed by atoms with Crippen molar-refractivity contribution in [1.29, 1.82) is 0 Å². The Kier molecular flexibility index (Phi) is 6.78. The third kappa shape index (κ3) is 6.05. The van der Waals surface area contributed by atoms with Crippen molar-refractivity contribution in [3.8, 4) is 0 Å². The molecule has 0 saturated heterocycles. The maximum atomic E-state index is 13.0. The Morgan fingerprint density at radius 3 is 2.83 bits per heavy atom. The fraction of sp³-hybridized carbons (Fsp3) is 0.615. The predicted molar refractivity (Wildman–Crippen MR) is 70.0 cm³/mol. The second-order valence-electron chi connectivity index (χ2n) is 4.53. The molecule has 0 aliphatic rings. The fourth-order valence-corrected chi connectivity index (χ4v) is 1.48. The molecule has 1 atom stereocenters. The molecule has 1 heterocycles. The number of rotatable bonds is 8. The Hall–Kier alpha value is -1.04. The lowest BCUT2D eigenvalue weighted by Crippen LogP contribution is -2.25. The Labute approximate surface area is 108 Å². The maximum absolute atomic E-state index is 13.0. The van der Waals surface area contributed by atoms with Gasteiger partial charge in [0.15, 0.2) is 0 Å². The lowest BCUT2D eigenvalue weighted by Gasteiger charge is -2.14. The van der Waals surface area contributed by atoms with Crippen molar-refractivity contribution in [3.63, 3.8) is 0 Å². The van der Waals surface area contributed by atoms with Crippen LogP contribution in [0.4, 0.5) is 4.39 Å². The molecule has 0 radical (unpaired) electrons. The van der Waals surface area contributed by atoms with Crippen LogP contribution < -0.4 is 5.32 Å². The van der Waals surface area contributed by atoms with Crippen LogP contribution in [0.1, 0.15) is 18.5 Å². The van der Waals surface area contributed by atoms with E-state index >= 15 is 0 Å². The Bertz CT molecular complexity index is 347. The molecule has 1 unspecified atom stereocenters. The molecular weight excluding hydrogens is 233 g/mol. The summed E-state index contributed by atoms with van der Waals surface area (Å²) in [4.78, 5) is 5.91. The largest absolute Gasteiger partial charge is 0.379 e. The van der Waals surface area contributed by atoms with Gasteiger partial charge in [0.05, 0.1) is 19.4 Å². The zero-order valence-corrected chi connectivity index (χ0v) is 11.3. The van der Waals surface area contributed by atoms with Crippen molar-refractivity contribution in [2.75, 3.05) is 40.4 Å². The average Bonchev–Trinajstić information content (AvgIpc) is 2.33. The highest BCUT2D eigenvalue weighted by molar-refractivity contribution is 5.14. The molecule has 4 nitrogen and oxygen atoms in total. The van der Waals surface area contributed by atoms with E-state index in [4.69, 9.17) is 4.74 Å². The first-order chi connectivity index (χ1) is 8.59. The third-order valence-electron chi connectivity index (χ3n) is 2.61. The highest BCUT2D eigenvalue weighted by Gasteiger charge is 2.05. The monoisotopic (exact) mass is 255 g/mol. The van der Waals surface area contributed by atoms with Gasteiger partial charge in [-0.1, -0.05) is 0 Å². The quantitative estimate of drug-likeness (QED) is 0.713. The number of hydrogen-bond donors (Lipinski definition) is 1. The summed E-state index contributed by atoms with van der Waals surface area (Å²) in [7, 11) is 4.03. The first kappa shape index (κ1) is 15.0. The summed E-state index contributed by atoms with van der Waals surface area (Å²) in [6.07, 6.45) is 2.88. The molecule has 0 aliphatic heterocycles. The van der Waals surface area contributed by atoms with Gasteiger partial charge in [0.2, 0.25) is 0 Å². The fourth-order valence-electron chi connectivity index (χ4n) is 1.48. The van der Waals surface area contributed by atoms with E-state index in [0.717, 1.165) is 25.3 Å². The topological polar surface area (TPSA) is 37.4 Å². The standard InChI is InChI=1S/C13H22FN3O/c1-11(12-8-13(14)10-15-9-12)16-4-6-18-7-5-17(2)3/h8-11,16H,4-7H2,1-3H3. The van der Waals surface area contributed by atoms with Gasteiger partial charge in [-0.2, -0.15) is 0 Å². The third-order valence-corrected chi connectivity index (χ3v) is 2.61. The van der Waals surface area contributed by atoms with E-state index in [2.05, 4.69) is 15.2 Å². The maximum Gasteiger partial charge on any atom is 0.141 e. The molecule has 1 rings (SSSR count). The molecule has 0 aromatic carbocycles. The van der Waals surface area contributed by atoms with E-state index in [1.54, 1.807) is 6.20 Å². The normalized spacial score (nSPS) is 12.9. The number of nitrogens with one attached hydrogen (secondary N) is 1. The van der Waals surface area contributed by atoms with Crippen molar-refractivity contribution in [1.82, 2.24) is 15.2 Å². The molecule has 0 saturated carbocycles. The number of hydrogen-bond acceptors (Lipinski definition) is 4. The van der Waals surface area contributed by atoms with E-state index in [9.17, 15) is 4.39 Å². The van der Waals surface area contributed by atoms with E-state index in [1.165, 1.54) is 12.3 Å². The molecule has 0 bridgehead atoms. The van der Waals surface area contributed by atoms with Gasteiger partial charge in [0, 0.05) is 25.3 Å². The van der Waals surface area contributed by atoms with Crippen LogP contribution in [-0.4, -0.2) is 50.3 Å². The number of ether oxygens (including phenoxy) is 1. The highest BCUT2D eigenvalue weighted by atomic mass is 19.1. The number of nitrogens with zero attached hydrogens (tertiary/aromatic N) is 2. The molecular formula is C13H22FN3O. The lowest BCUT2D eigenvalue weighted by molar-refractivity contribution is 0.118.